The molecule has 0 radical (unpaired) electrons. The molecule has 154 valence electrons. The summed E-state index contributed by atoms with van der Waals surface area (Å²) in [4.78, 5) is 25.7. The molecule has 2 aliphatic heterocycles. The fourth-order valence-electron chi connectivity index (χ4n) is 3.58. The number of rotatable bonds is 7. The number of hydrogen-bond donors (Lipinski definition) is 2. The molecule has 2 N–H and O–H groups in total. The largest absolute Gasteiger partial charge is 0.309 e. The third kappa shape index (κ3) is 4.51. The van der Waals surface area contributed by atoms with Crippen molar-refractivity contribution in [2.45, 2.75) is 26.1 Å². The lowest BCUT2D eigenvalue weighted by Gasteiger charge is -2.14. The van der Waals surface area contributed by atoms with Crippen LogP contribution in [-0.2, 0) is 29.7 Å². The average Bonchev–Trinajstić information content (AvgIpc) is 3.25. The van der Waals surface area contributed by atoms with Crippen LogP contribution in [0.4, 0.5) is 0 Å². The first-order valence-corrected chi connectivity index (χ1v) is 10.8. The molecule has 0 saturated heterocycles. The summed E-state index contributed by atoms with van der Waals surface area (Å²) in [6.07, 6.45) is 0.189. The summed E-state index contributed by atoms with van der Waals surface area (Å²) in [7, 11) is -3.50. The predicted molar refractivity (Wildman–Crippen MR) is 111 cm³/mol. The molecule has 0 aliphatic carbocycles. The van der Waals surface area contributed by atoms with Crippen molar-refractivity contribution in [2.75, 3.05) is 12.3 Å². The summed E-state index contributed by atoms with van der Waals surface area (Å²) < 4.78 is 27.2. The first-order valence-electron chi connectivity index (χ1n) is 9.18. The molecule has 0 fully saturated rings. The number of hydrogen-bond acceptors (Lipinski definition) is 5. The topological polar surface area (TPSA) is 95.6 Å². The molecular weight excluding hydrogens is 414 g/mol. The van der Waals surface area contributed by atoms with Gasteiger partial charge in [0.25, 0.3) is 11.8 Å². The molecule has 29 heavy (non-hydrogen) atoms. The van der Waals surface area contributed by atoms with Gasteiger partial charge in [-0.3, -0.25) is 14.5 Å². The molecule has 0 bridgehead atoms. The highest BCUT2D eigenvalue weighted by atomic mass is 35.5. The van der Waals surface area contributed by atoms with Crippen LogP contribution in [0.15, 0.2) is 42.5 Å². The first-order chi connectivity index (χ1) is 13.4. The van der Waals surface area contributed by atoms with Gasteiger partial charge < -0.3 is 5.32 Å². The van der Waals surface area contributed by atoms with E-state index in [2.05, 4.69) is 10.0 Å². The van der Waals surface area contributed by atoms with Gasteiger partial charge >= 0.3 is 0 Å². The molecule has 9 heteroatoms. The fraction of sp³-hybridized carbons (Fsp3) is 0.300. The van der Waals surface area contributed by atoms with Gasteiger partial charge in [-0.1, -0.05) is 30.3 Å². The molecular formula is C20H22ClN3O4S. The number of nitrogens with zero attached hydrogens (tertiary/aromatic N) is 1. The molecule has 2 aliphatic rings. The van der Waals surface area contributed by atoms with Gasteiger partial charge in [-0.2, -0.15) is 0 Å². The van der Waals surface area contributed by atoms with Crippen molar-refractivity contribution < 1.29 is 18.0 Å². The Kier molecular flexibility index (Phi) is 6.38. The standard InChI is InChI=1S/C20H21N3O4S.ClH/c24-19-17-4-1-2-5-18(17)20(25)23(19)8-3-9-28(26,27)22-11-14-6-7-15-12-21-13-16(15)10-14;/h1-2,4-7,10,21-22H,3,8-9,11-13H2;1H. The molecule has 0 spiro atoms. The Bertz CT molecular complexity index is 1020. The summed E-state index contributed by atoms with van der Waals surface area (Å²) in [5.41, 5.74) is 4.10. The van der Waals surface area contributed by atoms with Gasteiger partial charge in [-0.25, -0.2) is 13.1 Å². The maximum atomic E-state index is 12.3. The molecule has 0 saturated carbocycles. The summed E-state index contributed by atoms with van der Waals surface area (Å²) >= 11 is 0. The predicted octanol–water partition coefficient (Wildman–Crippen LogP) is 1.82. The van der Waals surface area contributed by atoms with Crippen LogP contribution < -0.4 is 10.0 Å². The third-order valence-corrected chi connectivity index (χ3v) is 6.48. The van der Waals surface area contributed by atoms with Gasteiger partial charge in [-0.15, -0.1) is 12.4 Å². The molecule has 0 atom stereocenters. The van der Waals surface area contributed by atoms with Crippen LogP contribution in [-0.4, -0.2) is 37.4 Å². The van der Waals surface area contributed by atoms with E-state index in [-0.39, 0.29) is 49.5 Å². The van der Waals surface area contributed by atoms with Crippen LogP contribution >= 0.6 is 12.4 Å². The SMILES string of the molecule is Cl.O=C1c2ccccc2C(=O)N1CCCS(=O)(=O)NCc1ccc2c(c1)CNC2. The first kappa shape index (κ1) is 21.4. The normalized spacial score (nSPS) is 15.2. The maximum Gasteiger partial charge on any atom is 0.261 e. The highest BCUT2D eigenvalue weighted by Crippen LogP contribution is 2.22. The lowest BCUT2D eigenvalue weighted by molar-refractivity contribution is 0.0654. The highest BCUT2D eigenvalue weighted by Gasteiger charge is 2.34. The van der Waals surface area contributed by atoms with E-state index in [4.69, 9.17) is 0 Å². The minimum Gasteiger partial charge on any atom is -0.309 e. The van der Waals surface area contributed by atoms with Crippen molar-refractivity contribution in [3.8, 4) is 0 Å². The molecule has 2 aromatic rings. The third-order valence-electron chi connectivity index (χ3n) is 5.07. The van der Waals surface area contributed by atoms with E-state index in [1.165, 1.54) is 11.1 Å². The van der Waals surface area contributed by atoms with Crippen LogP contribution in [0.2, 0.25) is 0 Å². The number of amides is 2. The Labute approximate surface area is 175 Å². The van der Waals surface area contributed by atoms with Crippen LogP contribution in [0.1, 0.15) is 43.8 Å². The van der Waals surface area contributed by atoms with Gasteiger partial charge in [0, 0.05) is 26.2 Å². The van der Waals surface area contributed by atoms with E-state index < -0.39 is 10.0 Å². The van der Waals surface area contributed by atoms with Crippen molar-refractivity contribution in [3.05, 3.63) is 70.3 Å². The number of nitrogens with one attached hydrogen (secondary N) is 2. The van der Waals surface area contributed by atoms with E-state index >= 15 is 0 Å². The number of carbonyl (C=O) groups is 2. The second kappa shape index (κ2) is 8.62. The Balaban J connectivity index is 0.00000240. The minimum absolute atomic E-state index is 0. The zero-order chi connectivity index (χ0) is 19.7. The summed E-state index contributed by atoms with van der Waals surface area (Å²) in [6, 6.07) is 12.6. The van der Waals surface area contributed by atoms with Gasteiger partial charge in [0.1, 0.15) is 0 Å². The van der Waals surface area contributed by atoms with E-state index in [0.717, 1.165) is 23.6 Å². The number of fused-ring (bicyclic) bond motifs is 2. The number of carbonyl (C=O) groups excluding carboxylic acids is 2. The van der Waals surface area contributed by atoms with E-state index in [9.17, 15) is 18.0 Å². The maximum absolute atomic E-state index is 12.3. The monoisotopic (exact) mass is 435 g/mol. The lowest BCUT2D eigenvalue weighted by Crippen LogP contribution is -2.33. The number of sulfonamides is 1. The molecule has 2 aromatic carbocycles. The Morgan fingerprint density at radius 1 is 0.966 bits per heavy atom. The average molecular weight is 436 g/mol. The second-order valence-electron chi connectivity index (χ2n) is 7.01. The molecule has 0 unspecified atom stereocenters. The molecule has 2 heterocycles. The van der Waals surface area contributed by atoms with Crippen molar-refractivity contribution in [2.24, 2.45) is 0 Å². The Morgan fingerprint density at radius 2 is 1.62 bits per heavy atom. The van der Waals surface area contributed by atoms with Gasteiger partial charge in [0.15, 0.2) is 0 Å². The van der Waals surface area contributed by atoms with Gasteiger partial charge in [0.2, 0.25) is 10.0 Å². The van der Waals surface area contributed by atoms with E-state index in [1.54, 1.807) is 24.3 Å². The van der Waals surface area contributed by atoms with Crippen molar-refractivity contribution >= 4 is 34.2 Å². The minimum atomic E-state index is -3.50. The Morgan fingerprint density at radius 3 is 2.31 bits per heavy atom. The summed E-state index contributed by atoms with van der Waals surface area (Å²) in [5.74, 6) is -0.872. The van der Waals surface area contributed by atoms with Gasteiger partial charge in [0.05, 0.1) is 16.9 Å². The fourth-order valence-corrected chi connectivity index (χ4v) is 4.62. The summed E-state index contributed by atoms with van der Waals surface area (Å²) in [5, 5.41) is 3.26. The van der Waals surface area contributed by atoms with E-state index in [0.29, 0.717) is 11.1 Å². The highest BCUT2D eigenvalue weighted by molar-refractivity contribution is 7.89. The number of benzene rings is 2. The molecule has 0 aromatic heterocycles. The summed E-state index contributed by atoms with van der Waals surface area (Å²) in [6.45, 7) is 1.95. The number of imide groups is 1. The van der Waals surface area contributed by atoms with Crippen LogP contribution in [0.25, 0.3) is 0 Å². The second-order valence-corrected chi connectivity index (χ2v) is 8.93. The quantitative estimate of drug-likeness (QED) is 0.647. The molecule has 2 amide bonds. The van der Waals surface area contributed by atoms with Crippen molar-refractivity contribution in [1.82, 2.24) is 14.9 Å². The Hall–Kier alpha value is -2.26. The van der Waals surface area contributed by atoms with Crippen LogP contribution in [0, 0.1) is 0 Å². The molecule has 7 nitrogen and oxygen atoms in total. The number of halogens is 1. The van der Waals surface area contributed by atoms with E-state index in [1.807, 2.05) is 18.2 Å². The lowest BCUT2D eigenvalue weighted by atomic mass is 10.1. The zero-order valence-corrected chi connectivity index (χ0v) is 17.3. The van der Waals surface area contributed by atoms with Crippen LogP contribution in [0.5, 0.6) is 0 Å². The smallest absolute Gasteiger partial charge is 0.261 e. The molecule has 4 rings (SSSR count). The van der Waals surface area contributed by atoms with Crippen LogP contribution in [0.3, 0.4) is 0 Å². The zero-order valence-electron chi connectivity index (χ0n) is 15.7. The van der Waals surface area contributed by atoms with Gasteiger partial charge in [-0.05, 0) is 35.2 Å². The van der Waals surface area contributed by atoms with Crippen molar-refractivity contribution in [1.29, 1.82) is 0 Å². The van der Waals surface area contributed by atoms with Crippen molar-refractivity contribution in [3.63, 3.8) is 0 Å².